The molecule has 2 nitrogen and oxygen atoms in total. The van der Waals surface area contributed by atoms with Crippen molar-refractivity contribution in [3.63, 3.8) is 0 Å². The Morgan fingerprint density at radius 2 is 2.50 bits per heavy atom. The third kappa shape index (κ3) is 2.89. The van der Waals surface area contributed by atoms with Crippen LogP contribution >= 0.6 is 35.1 Å². The summed E-state index contributed by atoms with van der Waals surface area (Å²) in [6.07, 6.45) is 2.37. The van der Waals surface area contributed by atoms with Crippen LogP contribution in [0.15, 0.2) is 12.3 Å². The summed E-state index contributed by atoms with van der Waals surface area (Å²) in [5.41, 5.74) is 0. The van der Waals surface area contributed by atoms with E-state index >= 15 is 0 Å². The zero-order chi connectivity index (χ0) is 9.80. The van der Waals surface area contributed by atoms with Gasteiger partial charge in [-0.1, -0.05) is 0 Å². The van der Waals surface area contributed by atoms with E-state index in [-0.39, 0.29) is 6.10 Å². The Morgan fingerprint density at radius 3 is 3.14 bits per heavy atom. The Kier molecular flexibility index (Phi) is 4.16. The highest BCUT2D eigenvalue weighted by Gasteiger charge is 2.23. The molecule has 78 valence electrons. The molecule has 1 aromatic rings. The van der Waals surface area contributed by atoms with Crippen LogP contribution in [-0.4, -0.2) is 38.1 Å². The van der Waals surface area contributed by atoms with Crippen LogP contribution in [0.4, 0.5) is 0 Å². The molecule has 0 amide bonds. The van der Waals surface area contributed by atoms with Gasteiger partial charge in [-0.25, -0.2) is 4.37 Å². The largest absolute Gasteiger partial charge is 0.392 e. The first kappa shape index (κ1) is 10.8. The van der Waals surface area contributed by atoms with E-state index in [0.29, 0.717) is 5.25 Å². The van der Waals surface area contributed by atoms with Crippen molar-refractivity contribution >= 4 is 35.1 Å². The van der Waals surface area contributed by atoms with Gasteiger partial charge in [-0.15, -0.1) is 0 Å². The molecular formula is C9H13NOS3. The Labute approximate surface area is 96.7 Å². The molecule has 2 heterocycles. The van der Waals surface area contributed by atoms with E-state index in [9.17, 15) is 5.11 Å². The Hall–Kier alpha value is 0.290. The highest BCUT2D eigenvalue weighted by atomic mass is 32.2. The third-order valence-corrected chi connectivity index (χ3v) is 5.84. The standard InChI is InChI=1S/C9H13NOS3/c11-8(5-7-1-2-10-14-7)9-6-12-3-4-13-9/h1-2,8-9,11H,3-6H2. The van der Waals surface area contributed by atoms with Gasteiger partial charge in [0, 0.05) is 40.0 Å². The van der Waals surface area contributed by atoms with Gasteiger partial charge in [0.2, 0.25) is 0 Å². The monoisotopic (exact) mass is 247 g/mol. The maximum Gasteiger partial charge on any atom is 0.0715 e. The van der Waals surface area contributed by atoms with Crippen LogP contribution in [0.25, 0.3) is 0 Å². The van der Waals surface area contributed by atoms with Crippen LogP contribution in [-0.2, 0) is 6.42 Å². The molecule has 1 fully saturated rings. The van der Waals surface area contributed by atoms with Gasteiger partial charge in [0.1, 0.15) is 0 Å². The maximum absolute atomic E-state index is 9.99. The van der Waals surface area contributed by atoms with E-state index < -0.39 is 0 Å². The summed E-state index contributed by atoms with van der Waals surface area (Å²) >= 11 is 5.35. The number of aromatic nitrogens is 1. The van der Waals surface area contributed by atoms with Gasteiger partial charge in [0.05, 0.1) is 6.10 Å². The lowest BCUT2D eigenvalue weighted by atomic mass is 10.2. The van der Waals surface area contributed by atoms with Crippen LogP contribution in [0.2, 0.25) is 0 Å². The molecule has 0 aliphatic carbocycles. The molecule has 14 heavy (non-hydrogen) atoms. The van der Waals surface area contributed by atoms with Crippen molar-refractivity contribution in [1.82, 2.24) is 4.37 Å². The fourth-order valence-electron chi connectivity index (χ4n) is 1.41. The number of nitrogens with zero attached hydrogens (tertiary/aromatic N) is 1. The van der Waals surface area contributed by atoms with Crippen LogP contribution < -0.4 is 0 Å². The average Bonchev–Trinajstić information content (AvgIpc) is 2.72. The summed E-state index contributed by atoms with van der Waals surface area (Å²) in [7, 11) is 0. The molecule has 1 aliphatic heterocycles. The summed E-state index contributed by atoms with van der Waals surface area (Å²) in [4.78, 5) is 1.19. The predicted molar refractivity (Wildman–Crippen MR) is 65.4 cm³/mol. The molecule has 1 aliphatic rings. The second-order valence-corrected chi connectivity index (χ2v) is 6.65. The lowest BCUT2D eigenvalue weighted by molar-refractivity contribution is 0.178. The summed E-state index contributed by atoms with van der Waals surface area (Å²) in [5.74, 6) is 3.49. The summed E-state index contributed by atoms with van der Waals surface area (Å²) in [6.45, 7) is 0. The van der Waals surface area contributed by atoms with Crippen molar-refractivity contribution in [1.29, 1.82) is 0 Å². The van der Waals surface area contributed by atoms with Crippen molar-refractivity contribution in [3.05, 3.63) is 17.1 Å². The van der Waals surface area contributed by atoms with Crippen molar-refractivity contribution in [3.8, 4) is 0 Å². The third-order valence-electron chi connectivity index (χ3n) is 2.17. The van der Waals surface area contributed by atoms with Gasteiger partial charge in [0.25, 0.3) is 0 Å². The summed E-state index contributed by atoms with van der Waals surface area (Å²) in [6, 6.07) is 1.99. The zero-order valence-corrected chi connectivity index (χ0v) is 10.2. The molecule has 1 saturated heterocycles. The SMILES string of the molecule is OC(Cc1ccns1)C1CSCCS1. The fraction of sp³-hybridized carbons (Fsp3) is 0.667. The van der Waals surface area contributed by atoms with Gasteiger partial charge < -0.3 is 5.11 Å². The zero-order valence-electron chi connectivity index (χ0n) is 7.76. The highest BCUT2D eigenvalue weighted by Crippen LogP contribution is 2.28. The van der Waals surface area contributed by atoms with Gasteiger partial charge >= 0.3 is 0 Å². The van der Waals surface area contributed by atoms with E-state index in [1.54, 1.807) is 6.20 Å². The Morgan fingerprint density at radius 1 is 1.57 bits per heavy atom. The van der Waals surface area contributed by atoms with Gasteiger partial charge in [0.15, 0.2) is 0 Å². The molecule has 0 radical (unpaired) electrons. The molecule has 5 heteroatoms. The smallest absolute Gasteiger partial charge is 0.0715 e. The number of aliphatic hydroxyl groups is 1. The normalized spacial score (nSPS) is 24.8. The summed E-state index contributed by atoms with van der Waals surface area (Å²) in [5, 5.41) is 10.4. The molecule has 0 spiro atoms. The fourth-order valence-corrected chi connectivity index (χ4v) is 4.81. The number of rotatable bonds is 3. The van der Waals surface area contributed by atoms with Crippen molar-refractivity contribution in [2.45, 2.75) is 17.8 Å². The molecule has 1 N–H and O–H groups in total. The van der Waals surface area contributed by atoms with Crippen molar-refractivity contribution < 1.29 is 5.11 Å². The number of thioether (sulfide) groups is 2. The van der Waals surface area contributed by atoms with Gasteiger partial charge in [-0.05, 0) is 17.6 Å². The minimum Gasteiger partial charge on any atom is -0.392 e. The van der Waals surface area contributed by atoms with E-state index in [1.165, 1.54) is 27.9 Å². The first-order valence-electron chi connectivity index (χ1n) is 4.63. The lowest BCUT2D eigenvalue weighted by Gasteiger charge is -2.25. The number of hydrogen-bond donors (Lipinski definition) is 1. The van der Waals surface area contributed by atoms with E-state index in [0.717, 1.165) is 12.2 Å². The minimum atomic E-state index is -0.201. The molecule has 2 atom stereocenters. The highest BCUT2D eigenvalue weighted by molar-refractivity contribution is 8.06. The number of hydrogen-bond acceptors (Lipinski definition) is 5. The van der Waals surface area contributed by atoms with E-state index in [4.69, 9.17) is 0 Å². The summed E-state index contributed by atoms with van der Waals surface area (Å²) < 4.78 is 4.04. The van der Waals surface area contributed by atoms with Gasteiger partial charge in [-0.2, -0.15) is 23.5 Å². The van der Waals surface area contributed by atoms with Crippen LogP contribution in [0.3, 0.4) is 0 Å². The quantitative estimate of drug-likeness (QED) is 0.884. The van der Waals surface area contributed by atoms with Crippen molar-refractivity contribution in [2.24, 2.45) is 0 Å². The number of aliphatic hydroxyl groups excluding tert-OH is 1. The van der Waals surface area contributed by atoms with E-state index in [1.807, 2.05) is 29.6 Å². The molecule has 2 unspecified atom stereocenters. The molecule has 1 aromatic heterocycles. The second kappa shape index (κ2) is 5.39. The molecule has 2 rings (SSSR count). The Bertz CT molecular complexity index is 259. The first-order chi connectivity index (χ1) is 6.86. The van der Waals surface area contributed by atoms with Crippen LogP contribution in [0.5, 0.6) is 0 Å². The second-order valence-electron chi connectivity index (χ2n) is 3.23. The van der Waals surface area contributed by atoms with Crippen LogP contribution in [0.1, 0.15) is 4.88 Å². The Balaban J connectivity index is 1.85. The average molecular weight is 247 g/mol. The first-order valence-corrected chi connectivity index (χ1v) is 7.61. The lowest BCUT2D eigenvalue weighted by Crippen LogP contribution is -2.30. The van der Waals surface area contributed by atoms with Gasteiger partial charge in [-0.3, -0.25) is 0 Å². The molecule has 0 bridgehead atoms. The van der Waals surface area contributed by atoms with Crippen LogP contribution in [0, 0.1) is 0 Å². The molecule has 0 saturated carbocycles. The molecular weight excluding hydrogens is 234 g/mol. The predicted octanol–water partition coefficient (Wildman–Crippen LogP) is 1.90. The van der Waals surface area contributed by atoms with E-state index in [2.05, 4.69) is 4.37 Å². The minimum absolute atomic E-state index is 0.201. The molecule has 0 aromatic carbocycles. The van der Waals surface area contributed by atoms with Crippen molar-refractivity contribution in [2.75, 3.05) is 17.3 Å². The maximum atomic E-state index is 9.99. The topological polar surface area (TPSA) is 33.1 Å².